The Kier molecular flexibility index (Phi) is 7.04. The van der Waals surface area contributed by atoms with Gasteiger partial charge in [0.1, 0.15) is 22.3 Å². The number of fused-ring (bicyclic) bond motifs is 1. The molecule has 178 valence electrons. The lowest BCUT2D eigenvalue weighted by Crippen LogP contribution is -2.17. The number of para-hydroxylation sites is 1. The van der Waals surface area contributed by atoms with Gasteiger partial charge in [0.15, 0.2) is 11.6 Å². The molecular weight excluding hydrogens is 545 g/mol. The third-order valence-corrected chi connectivity index (χ3v) is 5.77. The summed E-state index contributed by atoms with van der Waals surface area (Å²) in [5, 5.41) is 2.39. The van der Waals surface area contributed by atoms with Crippen molar-refractivity contribution in [3.8, 4) is 23.0 Å². The lowest BCUT2D eigenvalue weighted by molar-refractivity contribution is 0.0997. The van der Waals surface area contributed by atoms with Gasteiger partial charge in [0.25, 0.3) is 5.91 Å². The van der Waals surface area contributed by atoms with Gasteiger partial charge in [0, 0.05) is 17.6 Å². The monoisotopic (exact) mass is 559 g/mol. The number of ether oxygens (including phenoxy) is 3. The van der Waals surface area contributed by atoms with E-state index in [0.717, 1.165) is 0 Å². The number of nitrogens with one attached hydrogen (secondary N) is 1. The summed E-state index contributed by atoms with van der Waals surface area (Å²) in [4.78, 5) is 28.3. The van der Waals surface area contributed by atoms with Gasteiger partial charge in [-0.1, -0.05) is 29.8 Å². The van der Waals surface area contributed by atoms with Crippen LogP contribution < -0.4 is 25.3 Å². The number of carbonyl (C=O) groups excluding carboxylic acids is 2. The second-order valence-electron chi connectivity index (χ2n) is 7.04. The molecule has 4 aromatic rings. The van der Waals surface area contributed by atoms with Crippen molar-refractivity contribution in [2.75, 3.05) is 12.4 Å². The maximum atomic E-state index is 15.2. The van der Waals surface area contributed by atoms with Crippen LogP contribution in [0.15, 0.2) is 65.3 Å². The molecule has 0 saturated carbocycles. The molecule has 11 heteroatoms. The van der Waals surface area contributed by atoms with E-state index in [2.05, 4.69) is 26.2 Å². The Morgan fingerprint density at radius 3 is 2.54 bits per heavy atom. The first kappa shape index (κ1) is 24.2. The Hall–Kier alpha value is -3.89. The van der Waals surface area contributed by atoms with Gasteiger partial charge in [0.05, 0.1) is 28.4 Å². The summed E-state index contributed by atoms with van der Waals surface area (Å²) in [6.07, 6.45) is 0.593. The number of methoxy groups -OCH3 is 1. The minimum Gasteiger partial charge on any atom is -0.496 e. The fourth-order valence-corrected chi connectivity index (χ4v) is 3.87. The summed E-state index contributed by atoms with van der Waals surface area (Å²) < 4.78 is 31.5. The molecule has 1 aromatic heterocycles. The van der Waals surface area contributed by atoms with Crippen LogP contribution in [0.3, 0.4) is 0 Å². The maximum absolute atomic E-state index is 15.2. The highest BCUT2D eigenvalue weighted by molar-refractivity contribution is 9.10. The molecule has 2 amide bonds. The molecule has 0 fully saturated rings. The van der Waals surface area contributed by atoms with Crippen molar-refractivity contribution in [3.63, 3.8) is 0 Å². The Balaban J connectivity index is 1.66. The molecule has 0 radical (unpaired) electrons. The molecule has 1 heterocycles. The number of primary amides is 1. The molecule has 8 nitrogen and oxygen atoms in total. The zero-order chi connectivity index (χ0) is 25.1. The number of carbonyl (C=O) groups is 2. The molecule has 0 aliphatic carbocycles. The molecule has 0 bridgehead atoms. The van der Waals surface area contributed by atoms with E-state index in [0.29, 0.717) is 16.7 Å². The smallest absolute Gasteiger partial charge is 0.417 e. The van der Waals surface area contributed by atoms with Gasteiger partial charge in [-0.3, -0.25) is 15.1 Å². The normalized spacial score (nSPS) is 10.6. The van der Waals surface area contributed by atoms with Gasteiger partial charge in [-0.15, -0.1) is 0 Å². The third-order valence-electron chi connectivity index (χ3n) is 4.81. The minimum atomic E-state index is -0.940. The van der Waals surface area contributed by atoms with E-state index in [9.17, 15) is 9.59 Å². The Morgan fingerprint density at radius 1 is 1.11 bits per heavy atom. The van der Waals surface area contributed by atoms with Crippen molar-refractivity contribution >= 4 is 56.1 Å². The number of pyridine rings is 1. The van der Waals surface area contributed by atoms with Crippen molar-refractivity contribution < 1.29 is 28.2 Å². The summed E-state index contributed by atoms with van der Waals surface area (Å²) >= 11 is 9.42. The van der Waals surface area contributed by atoms with E-state index in [1.165, 1.54) is 37.6 Å². The fraction of sp³-hybridized carbons (Fsp3) is 0.0417. The number of aromatic nitrogens is 1. The van der Waals surface area contributed by atoms with Gasteiger partial charge >= 0.3 is 6.09 Å². The highest BCUT2D eigenvalue weighted by atomic mass is 79.9. The summed E-state index contributed by atoms with van der Waals surface area (Å²) in [5.41, 5.74) is 5.94. The van der Waals surface area contributed by atoms with E-state index in [-0.39, 0.29) is 33.0 Å². The van der Waals surface area contributed by atoms with E-state index >= 15 is 4.39 Å². The van der Waals surface area contributed by atoms with Crippen LogP contribution in [0.5, 0.6) is 23.0 Å². The number of hydrogen-bond acceptors (Lipinski definition) is 6. The first-order chi connectivity index (χ1) is 16.8. The van der Waals surface area contributed by atoms with Crippen LogP contribution in [0, 0.1) is 5.82 Å². The summed E-state index contributed by atoms with van der Waals surface area (Å²) in [7, 11) is 1.40. The second-order valence-corrected chi connectivity index (χ2v) is 8.27. The van der Waals surface area contributed by atoms with E-state index < -0.39 is 22.8 Å². The van der Waals surface area contributed by atoms with Crippen LogP contribution in [0.2, 0.25) is 5.02 Å². The van der Waals surface area contributed by atoms with E-state index in [1.807, 2.05) is 0 Å². The lowest BCUT2D eigenvalue weighted by atomic mass is 10.1. The number of anilines is 1. The number of rotatable bonds is 6. The van der Waals surface area contributed by atoms with Crippen molar-refractivity contribution in [2.45, 2.75) is 0 Å². The molecule has 0 aliphatic rings. The topological polar surface area (TPSA) is 113 Å². The molecule has 0 atom stereocenters. The average molecular weight is 561 g/mol. The predicted molar refractivity (Wildman–Crippen MR) is 132 cm³/mol. The largest absolute Gasteiger partial charge is 0.496 e. The van der Waals surface area contributed by atoms with Crippen molar-refractivity contribution in [2.24, 2.45) is 5.73 Å². The average Bonchev–Trinajstić information content (AvgIpc) is 2.84. The first-order valence-electron chi connectivity index (χ1n) is 9.94. The highest BCUT2D eigenvalue weighted by Gasteiger charge is 2.21. The van der Waals surface area contributed by atoms with Crippen molar-refractivity contribution in [1.82, 2.24) is 4.98 Å². The quantitative estimate of drug-likeness (QED) is 0.268. The Morgan fingerprint density at radius 2 is 1.86 bits per heavy atom. The number of benzene rings is 3. The standard InChI is InChI=1S/C24H16BrClFN3O5/c1-33-19-11-16-13(9-14(19)23(28)31)18(7-8-29-16)35-22-15(25)10-17(20(26)21(22)27)30-24(32)34-12-5-3-2-4-6-12/h2-11H,1H3,(H2,28,31)(H,30,32). The van der Waals surface area contributed by atoms with Crippen LogP contribution in [0.1, 0.15) is 10.4 Å². The van der Waals surface area contributed by atoms with Crippen molar-refractivity contribution in [3.05, 3.63) is 81.7 Å². The zero-order valence-corrected chi connectivity index (χ0v) is 20.3. The number of halogens is 3. The second kappa shape index (κ2) is 10.2. The predicted octanol–water partition coefficient (Wildman–Crippen LogP) is 6.30. The third kappa shape index (κ3) is 5.13. The molecule has 3 aromatic carbocycles. The number of amides is 2. The molecule has 0 aliphatic heterocycles. The maximum Gasteiger partial charge on any atom is 0.417 e. The fourth-order valence-electron chi connectivity index (χ4n) is 3.20. The van der Waals surface area contributed by atoms with Crippen molar-refractivity contribution in [1.29, 1.82) is 0 Å². The molecular formula is C24H16BrClFN3O5. The molecule has 0 saturated heterocycles. The van der Waals surface area contributed by atoms with Gasteiger partial charge < -0.3 is 19.9 Å². The van der Waals surface area contributed by atoms with Gasteiger partial charge in [-0.2, -0.15) is 0 Å². The first-order valence-corrected chi connectivity index (χ1v) is 11.1. The Bertz CT molecular complexity index is 1450. The van der Waals surface area contributed by atoms with E-state index in [4.69, 9.17) is 31.5 Å². The van der Waals surface area contributed by atoms with Crippen LogP contribution in [0.4, 0.5) is 14.9 Å². The SMILES string of the molecule is COc1cc2nccc(Oc3c(Br)cc(NC(=O)Oc4ccccc4)c(Cl)c3F)c2cc1C(N)=O. The minimum absolute atomic E-state index is 0.0374. The van der Waals surface area contributed by atoms with Gasteiger partial charge in [-0.05, 0) is 46.3 Å². The van der Waals surface area contributed by atoms with E-state index in [1.54, 1.807) is 30.3 Å². The summed E-state index contributed by atoms with van der Waals surface area (Å²) in [6, 6.07) is 14.2. The molecule has 0 spiro atoms. The number of nitrogens with two attached hydrogens (primary N) is 1. The molecule has 35 heavy (non-hydrogen) atoms. The van der Waals surface area contributed by atoms with Crippen LogP contribution in [-0.2, 0) is 0 Å². The van der Waals surface area contributed by atoms with Crippen LogP contribution in [0.25, 0.3) is 10.9 Å². The highest BCUT2D eigenvalue weighted by Crippen LogP contribution is 2.42. The number of hydrogen-bond donors (Lipinski definition) is 2. The molecule has 3 N–H and O–H groups in total. The van der Waals surface area contributed by atoms with Crippen LogP contribution in [-0.4, -0.2) is 24.1 Å². The summed E-state index contributed by atoms with van der Waals surface area (Å²) in [6.45, 7) is 0. The molecule has 0 unspecified atom stereocenters. The number of nitrogens with zero attached hydrogens (tertiary/aromatic N) is 1. The van der Waals surface area contributed by atoms with Crippen LogP contribution >= 0.6 is 27.5 Å². The lowest BCUT2D eigenvalue weighted by Gasteiger charge is -2.15. The zero-order valence-electron chi connectivity index (χ0n) is 18.0. The molecule has 4 rings (SSSR count). The Labute approximate surface area is 211 Å². The summed E-state index contributed by atoms with van der Waals surface area (Å²) in [5.74, 6) is -1.18. The van der Waals surface area contributed by atoms with Gasteiger partial charge in [-0.25, -0.2) is 9.18 Å². The van der Waals surface area contributed by atoms with Gasteiger partial charge in [0.2, 0.25) is 0 Å².